The zero-order chi connectivity index (χ0) is 12.1. The Morgan fingerprint density at radius 1 is 1.47 bits per heavy atom. The lowest BCUT2D eigenvalue weighted by molar-refractivity contribution is 0.0600. The second-order valence-electron chi connectivity index (χ2n) is 4.31. The first kappa shape index (κ1) is 12.0. The standard InChI is InChI=1S/C13H17NO3/c1-16-13(15)11-4-5-12(14-8-11)9-17-7-6-10-2-3-10/h4-5,8,10H,2-3,6-7,9H2,1H3. The molecule has 0 unspecified atom stereocenters. The number of esters is 1. The van der Waals surface area contributed by atoms with Crippen molar-refractivity contribution in [3.05, 3.63) is 29.6 Å². The molecule has 17 heavy (non-hydrogen) atoms. The van der Waals surface area contributed by atoms with Crippen molar-refractivity contribution in [3.63, 3.8) is 0 Å². The molecule has 0 aliphatic heterocycles. The molecule has 0 atom stereocenters. The molecule has 4 heteroatoms. The van der Waals surface area contributed by atoms with E-state index in [9.17, 15) is 4.79 Å². The first-order valence-electron chi connectivity index (χ1n) is 5.90. The number of ether oxygens (including phenoxy) is 2. The van der Waals surface area contributed by atoms with Crippen LogP contribution in [0.1, 0.15) is 35.3 Å². The van der Waals surface area contributed by atoms with Gasteiger partial charge in [0.25, 0.3) is 0 Å². The summed E-state index contributed by atoms with van der Waals surface area (Å²) in [6.07, 6.45) is 5.39. The lowest BCUT2D eigenvalue weighted by Gasteiger charge is -2.04. The smallest absolute Gasteiger partial charge is 0.339 e. The van der Waals surface area contributed by atoms with Crippen LogP contribution in [0.4, 0.5) is 0 Å². The fraction of sp³-hybridized carbons (Fsp3) is 0.538. The highest BCUT2D eigenvalue weighted by Gasteiger charge is 2.20. The Labute approximate surface area is 101 Å². The third kappa shape index (κ3) is 3.82. The van der Waals surface area contributed by atoms with Crippen molar-refractivity contribution in [1.82, 2.24) is 4.98 Å². The highest BCUT2D eigenvalue weighted by Crippen LogP contribution is 2.32. The van der Waals surface area contributed by atoms with Crippen LogP contribution in [-0.2, 0) is 16.1 Å². The molecule has 1 aliphatic carbocycles. The van der Waals surface area contributed by atoms with Gasteiger partial charge in [0.1, 0.15) is 0 Å². The van der Waals surface area contributed by atoms with Gasteiger partial charge >= 0.3 is 5.97 Å². The molecule has 0 aromatic carbocycles. The summed E-state index contributed by atoms with van der Waals surface area (Å²) in [7, 11) is 1.36. The molecule has 0 N–H and O–H groups in total. The fourth-order valence-electron chi connectivity index (χ4n) is 1.58. The maximum Gasteiger partial charge on any atom is 0.339 e. The predicted octanol–water partition coefficient (Wildman–Crippen LogP) is 2.18. The minimum absolute atomic E-state index is 0.362. The number of aromatic nitrogens is 1. The van der Waals surface area contributed by atoms with Crippen LogP contribution in [-0.4, -0.2) is 24.7 Å². The quantitative estimate of drug-likeness (QED) is 0.560. The highest BCUT2D eigenvalue weighted by atomic mass is 16.5. The molecule has 1 aromatic heterocycles. The maximum absolute atomic E-state index is 11.2. The Kier molecular flexibility index (Phi) is 4.09. The topological polar surface area (TPSA) is 48.4 Å². The number of rotatable bonds is 6. The van der Waals surface area contributed by atoms with E-state index in [4.69, 9.17) is 4.74 Å². The summed E-state index contributed by atoms with van der Waals surface area (Å²) in [5.74, 6) is 0.531. The Balaban J connectivity index is 1.74. The number of pyridine rings is 1. The van der Waals surface area contributed by atoms with Crippen LogP contribution in [0, 0.1) is 5.92 Å². The number of hydrogen-bond donors (Lipinski definition) is 0. The van der Waals surface area contributed by atoms with E-state index in [1.165, 1.54) is 26.1 Å². The van der Waals surface area contributed by atoms with E-state index < -0.39 is 0 Å². The molecule has 92 valence electrons. The Bertz CT molecular complexity index is 371. The van der Waals surface area contributed by atoms with Crippen LogP contribution in [0.2, 0.25) is 0 Å². The van der Waals surface area contributed by atoms with Crippen LogP contribution < -0.4 is 0 Å². The molecule has 1 aromatic rings. The second-order valence-corrected chi connectivity index (χ2v) is 4.31. The first-order valence-corrected chi connectivity index (χ1v) is 5.90. The van der Waals surface area contributed by atoms with Gasteiger partial charge in [-0.15, -0.1) is 0 Å². The molecule has 0 saturated heterocycles. The van der Waals surface area contributed by atoms with Crippen molar-refractivity contribution in [2.24, 2.45) is 5.92 Å². The number of nitrogens with zero attached hydrogens (tertiary/aromatic N) is 1. The fourth-order valence-corrected chi connectivity index (χ4v) is 1.58. The summed E-state index contributed by atoms with van der Waals surface area (Å²) in [5.41, 5.74) is 1.31. The summed E-state index contributed by atoms with van der Waals surface area (Å²) in [4.78, 5) is 15.3. The Hall–Kier alpha value is -1.42. The Morgan fingerprint density at radius 2 is 2.29 bits per heavy atom. The summed E-state index contributed by atoms with van der Waals surface area (Å²) < 4.78 is 10.1. The third-order valence-corrected chi connectivity index (χ3v) is 2.86. The van der Waals surface area contributed by atoms with Gasteiger partial charge in [0.15, 0.2) is 0 Å². The molecule has 0 radical (unpaired) electrons. The third-order valence-electron chi connectivity index (χ3n) is 2.86. The minimum Gasteiger partial charge on any atom is -0.465 e. The summed E-state index contributed by atoms with van der Waals surface area (Å²) in [6.45, 7) is 1.30. The molecular weight excluding hydrogens is 218 g/mol. The van der Waals surface area contributed by atoms with Crippen LogP contribution in [0.5, 0.6) is 0 Å². The van der Waals surface area contributed by atoms with Gasteiger partial charge in [-0.2, -0.15) is 0 Å². The molecule has 0 bridgehead atoms. The molecule has 1 saturated carbocycles. The summed E-state index contributed by atoms with van der Waals surface area (Å²) >= 11 is 0. The largest absolute Gasteiger partial charge is 0.465 e. The zero-order valence-electron chi connectivity index (χ0n) is 10.0. The monoisotopic (exact) mass is 235 g/mol. The van der Waals surface area contributed by atoms with E-state index >= 15 is 0 Å². The van der Waals surface area contributed by atoms with Gasteiger partial charge in [0.05, 0.1) is 25.0 Å². The molecule has 1 aliphatic rings. The average molecular weight is 235 g/mol. The van der Waals surface area contributed by atoms with Crippen LogP contribution in [0.3, 0.4) is 0 Å². The first-order chi connectivity index (χ1) is 8.29. The van der Waals surface area contributed by atoms with Crippen molar-refractivity contribution in [1.29, 1.82) is 0 Å². The van der Waals surface area contributed by atoms with Crippen molar-refractivity contribution >= 4 is 5.97 Å². The van der Waals surface area contributed by atoms with E-state index in [0.29, 0.717) is 12.2 Å². The molecule has 1 fully saturated rings. The van der Waals surface area contributed by atoms with E-state index in [0.717, 1.165) is 24.6 Å². The van der Waals surface area contributed by atoms with Crippen LogP contribution in [0.25, 0.3) is 0 Å². The second kappa shape index (κ2) is 5.77. The molecule has 0 spiro atoms. The van der Waals surface area contributed by atoms with Gasteiger partial charge in [0.2, 0.25) is 0 Å². The number of hydrogen-bond acceptors (Lipinski definition) is 4. The molecule has 2 rings (SSSR count). The van der Waals surface area contributed by atoms with Gasteiger partial charge in [-0.25, -0.2) is 4.79 Å². The van der Waals surface area contributed by atoms with Crippen LogP contribution >= 0.6 is 0 Å². The van der Waals surface area contributed by atoms with Crippen LogP contribution in [0.15, 0.2) is 18.3 Å². The maximum atomic E-state index is 11.2. The van der Waals surface area contributed by atoms with Crippen molar-refractivity contribution in [3.8, 4) is 0 Å². The average Bonchev–Trinajstić information content (AvgIpc) is 3.18. The number of methoxy groups -OCH3 is 1. The van der Waals surface area contributed by atoms with E-state index in [1.54, 1.807) is 12.1 Å². The molecular formula is C13H17NO3. The van der Waals surface area contributed by atoms with E-state index in [2.05, 4.69) is 9.72 Å². The SMILES string of the molecule is COC(=O)c1ccc(COCCC2CC2)nc1. The lowest BCUT2D eigenvalue weighted by Crippen LogP contribution is -2.03. The number of carbonyl (C=O) groups is 1. The van der Waals surface area contributed by atoms with Gasteiger partial charge in [-0.3, -0.25) is 4.98 Å². The van der Waals surface area contributed by atoms with Crippen molar-refractivity contribution in [2.45, 2.75) is 25.9 Å². The molecule has 0 amide bonds. The van der Waals surface area contributed by atoms with Crippen molar-refractivity contribution in [2.75, 3.05) is 13.7 Å². The number of carbonyl (C=O) groups excluding carboxylic acids is 1. The van der Waals surface area contributed by atoms with Crippen molar-refractivity contribution < 1.29 is 14.3 Å². The molecule has 4 nitrogen and oxygen atoms in total. The van der Waals surface area contributed by atoms with Gasteiger partial charge in [-0.1, -0.05) is 12.8 Å². The minimum atomic E-state index is -0.362. The van der Waals surface area contributed by atoms with Gasteiger partial charge in [0, 0.05) is 12.8 Å². The predicted molar refractivity (Wildman–Crippen MR) is 62.6 cm³/mol. The van der Waals surface area contributed by atoms with E-state index in [-0.39, 0.29) is 5.97 Å². The van der Waals surface area contributed by atoms with Gasteiger partial charge < -0.3 is 9.47 Å². The van der Waals surface area contributed by atoms with E-state index in [1.807, 2.05) is 0 Å². The van der Waals surface area contributed by atoms with Gasteiger partial charge in [-0.05, 0) is 24.5 Å². The lowest BCUT2D eigenvalue weighted by atomic mass is 10.2. The highest BCUT2D eigenvalue weighted by molar-refractivity contribution is 5.88. The summed E-state index contributed by atoms with van der Waals surface area (Å²) in [6, 6.07) is 3.50. The normalized spacial score (nSPS) is 14.6. The Morgan fingerprint density at radius 3 is 2.88 bits per heavy atom. The summed E-state index contributed by atoms with van der Waals surface area (Å²) in [5, 5.41) is 0. The zero-order valence-corrected chi connectivity index (χ0v) is 10.0. The molecule has 1 heterocycles.